The molecule has 2 N–H and O–H groups in total. The van der Waals surface area contributed by atoms with Gasteiger partial charge in [0.2, 0.25) is 0 Å². The van der Waals surface area contributed by atoms with Crippen molar-refractivity contribution in [3.05, 3.63) is 41.5 Å². The van der Waals surface area contributed by atoms with Gasteiger partial charge in [0.05, 0.1) is 11.3 Å². The molecule has 0 saturated heterocycles. The number of nitrogens with zero attached hydrogens (tertiary/aromatic N) is 1. The van der Waals surface area contributed by atoms with E-state index in [0.29, 0.717) is 0 Å². The van der Waals surface area contributed by atoms with Crippen LogP contribution in [0.1, 0.15) is 55.8 Å². The second-order valence-corrected chi connectivity index (χ2v) is 5.24. The van der Waals surface area contributed by atoms with E-state index in [4.69, 9.17) is 0 Å². The fourth-order valence-electron chi connectivity index (χ4n) is 2.45. The van der Waals surface area contributed by atoms with Gasteiger partial charge in [-0.1, -0.05) is 38.0 Å². The lowest BCUT2D eigenvalue weighted by Gasteiger charge is -2.06. The van der Waals surface area contributed by atoms with Crippen LogP contribution >= 0.6 is 0 Å². The number of hydrogen-bond donors (Lipinski definition) is 2. The number of phenols is 1. The molecule has 4 heteroatoms. The molecule has 1 aliphatic carbocycles. The first kappa shape index (κ1) is 15.3. The predicted molar refractivity (Wildman–Crippen MR) is 84.5 cm³/mol. The Kier molecular flexibility index (Phi) is 5.55. The number of hydrazone groups is 1. The van der Waals surface area contributed by atoms with Gasteiger partial charge in [0.15, 0.2) is 0 Å². The smallest absolute Gasteiger partial charge is 0.275 e. The van der Waals surface area contributed by atoms with Gasteiger partial charge < -0.3 is 5.11 Å². The molecule has 2 rings (SSSR count). The Morgan fingerprint density at radius 2 is 2.14 bits per heavy atom. The molecule has 0 spiro atoms. The van der Waals surface area contributed by atoms with Crippen molar-refractivity contribution >= 4 is 11.6 Å². The number of carbonyl (C=O) groups excluding carboxylic acids is 1. The average molecular weight is 286 g/mol. The second-order valence-electron chi connectivity index (χ2n) is 5.24. The number of unbranched alkanes of at least 4 members (excludes halogenated alkanes) is 2. The molecule has 0 atom stereocenters. The van der Waals surface area contributed by atoms with Crippen LogP contribution < -0.4 is 5.43 Å². The molecule has 1 aromatic rings. The van der Waals surface area contributed by atoms with Gasteiger partial charge in [-0.25, -0.2) is 5.43 Å². The Morgan fingerprint density at radius 3 is 2.90 bits per heavy atom. The van der Waals surface area contributed by atoms with Crippen LogP contribution in [0.3, 0.4) is 0 Å². The van der Waals surface area contributed by atoms with Crippen LogP contribution in [0.5, 0.6) is 5.75 Å². The summed E-state index contributed by atoms with van der Waals surface area (Å²) in [7, 11) is 0. The van der Waals surface area contributed by atoms with Crippen LogP contribution in [0.2, 0.25) is 0 Å². The quantitative estimate of drug-likeness (QED) is 0.617. The Balaban J connectivity index is 1.96. The molecule has 0 aliphatic heterocycles. The topological polar surface area (TPSA) is 61.7 Å². The van der Waals surface area contributed by atoms with Gasteiger partial charge in [0, 0.05) is 0 Å². The van der Waals surface area contributed by atoms with Gasteiger partial charge in [-0.15, -0.1) is 0 Å². The first-order valence-corrected chi connectivity index (χ1v) is 7.56. The van der Waals surface area contributed by atoms with Gasteiger partial charge in [-0.2, -0.15) is 5.10 Å². The highest BCUT2D eigenvalue weighted by atomic mass is 16.3. The van der Waals surface area contributed by atoms with Crippen LogP contribution in [0.4, 0.5) is 0 Å². The number of phenolic OH excluding ortho intramolecular Hbond substituents is 1. The summed E-state index contributed by atoms with van der Waals surface area (Å²) >= 11 is 0. The lowest BCUT2D eigenvalue weighted by molar-refractivity contribution is 0.0952. The van der Waals surface area contributed by atoms with E-state index in [2.05, 4.69) is 23.5 Å². The van der Waals surface area contributed by atoms with Crippen molar-refractivity contribution in [1.29, 1.82) is 0 Å². The number of amides is 1. The maximum atomic E-state index is 12.0. The molecule has 1 amide bonds. The van der Waals surface area contributed by atoms with Gasteiger partial charge in [-0.3, -0.25) is 4.79 Å². The molecule has 0 radical (unpaired) electrons. The zero-order chi connectivity index (χ0) is 15.1. The minimum absolute atomic E-state index is 0.0275. The zero-order valence-corrected chi connectivity index (χ0v) is 12.4. The third-order valence-electron chi connectivity index (χ3n) is 3.63. The molecule has 1 aromatic carbocycles. The van der Waals surface area contributed by atoms with Crippen LogP contribution in [-0.2, 0) is 0 Å². The third-order valence-corrected chi connectivity index (χ3v) is 3.63. The van der Waals surface area contributed by atoms with E-state index in [-0.39, 0.29) is 17.2 Å². The number of para-hydroxylation sites is 1. The van der Waals surface area contributed by atoms with Crippen molar-refractivity contribution in [3.8, 4) is 5.75 Å². The minimum atomic E-state index is -0.375. The molecule has 0 bridgehead atoms. The van der Waals surface area contributed by atoms with E-state index in [9.17, 15) is 9.90 Å². The Labute approximate surface area is 125 Å². The summed E-state index contributed by atoms with van der Waals surface area (Å²) in [6, 6.07) is 6.47. The molecule has 1 aliphatic rings. The van der Waals surface area contributed by atoms with Crippen molar-refractivity contribution in [2.75, 3.05) is 0 Å². The summed E-state index contributed by atoms with van der Waals surface area (Å²) in [5, 5.41) is 13.9. The Hall–Kier alpha value is -2.10. The lowest BCUT2D eigenvalue weighted by atomic mass is 10.1. The van der Waals surface area contributed by atoms with Crippen LogP contribution in [-0.4, -0.2) is 16.7 Å². The number of allylic oxidation sites excluding steroid dienone is 2. The molecule has 0 saturated carbocycles. The molecule has 0 unspecified atom stereocenters. The Bertz CT molecular complexity index is 562. The van der Waals surface area contributed by atoms with Gasteiger partial charge >= 0.3 is 0 Å². The average Bonchev–Trinajstić information content (AvgIpc) is 2.93. The SMILES string of the molecule is CCCCCC1=CCC/C1=N\NC(=O)c1ccccc1O. The predicted octanol–water partition coefficient (Wildman–Crippen LogP) is 3.78. The number of aromatic hydroxyl groups is 1. The van der Waals surface area contributed by atoms with Crippen LogP contribution in [0.25, 0.3) is 0 Å². The summed E-state index contributed by atoms with van der Waals surface area (Å²) in [6.45, 7) is 2.19. The van der Waals surface area contributed by atoms with Gasteiger partial charge in [-0.05, 0) is 43.4 Å². The van der Waals surface area contributed by atoms with Gasteiger partial charge in [0.25, 0.3) is 5.91 Å². The summed E-state index contributed by atoms with van der Waals surface area (Å²) in [6.07, 6.45) is 8.68. The lowest BCUT2D eigenvalue weighted by Crippen LogP contribution is -2.19. The molecule has 4 nitrogen and oxygen atoms in total. The minimum Gasteiger partial charge on any atom is -0.507 e. The maximum Gasteiger partial charge on any atom is 0.275 e. The summed E-state index contributed by atoms with van der Waals surface area (Å²) in [4.78, 5) is 12.0. The first-order valence-electron chi connectivity index (χ1n) is 7.56. The van der Waals surface area contributed by atoms with E-state index in [1.807, 2.05) is 0 Å². The fraction of sp³-hybridized carbons (Fsp3) is 0.412. The standard InChI is InChI=1S/C17H22N2O2/c1-2-3-4-8-13-9-7-11-15(13)18-19-17(21)14-10-5-6-12-16(14)20/h5-6,9-10,12,20H,2-4,7-8,11H2,1H3,(H,19,21)/b18-15+. The van der Waals surface area contributed by atoms with Crippen molar-refractivity contribution in [1.82, 2.24) is 5.43 Å². The van der Waals surface area contributed by atoms with E-state index < -0.39 is 0 Å². The molecular weight excluding hydrogens is 264 g/mol. The highest BCUT2D eigenvalue weighted by Gasteiger charge is 2.14. The van der Waals surface area contributed by atoms with E-state index >= 15 is 0 Å². The molecule has 0 heterocycles. The first-order chi connectivity index (χ1) is 10.2. The molecule has 0 fully saturated rings. The number of benzene rings is 1. The van der Waals surface area contributed by atoms with E-state index in [1.165, 1.54) is 24.5 Å². The number of hydrogen-bond acceptors (Lipinski definition) is 3. The molecule has 112 valence electrons. The fourth-order valence-corrected chi connectivity index (χ4v) is 2.45. The molecule has 0 aromatic heterocycles. The van der Waals surface area contributed by atoms with E-state index in [1.54, 1.807) is 18.2 Å². The normalized spacial score (nSPS) is 16.0. The summed E-state index contributed by atoms with van der Waals surface area (Å²) < 4.78 is 0. The zero-order valence-electron chi connectivity index (χ0n) is 12.4. The number of rotatable bonds is 6. The maximum absolute atomic E-state index is 12.0. The van der Waals surface area contributed by atoms with Gasteiger partial charge in [0.1, 0.15) is 5.75 Å². The number of nitrogens with one attached hydrogen (secondary N) is 1. The van der Waals surface area contributed by atoms with Crippen molar-refractivity contribution < 1.29 is 9.90 Å². The van der Waals surface area contributed by atoms with Crippen molar-refractivity contribution in [2.24, 2.45) is 5.10 Å². The molecule has 21 heavy (non-hydrogen) atoms. The molecular formula is C17H22N2O2. The van der Waals surface area contributed by atoms with Crippen LogP contribution in [0.15, 0.2) is 41.0 Å². The Morgan fingerprint density at radius 1 is 1.33 bits per heavy atom. The van der Waals surface area contributed by atoms with Crippen LogP contribution in [0, 0.1) is 0 Å². The highest BCUT2D eigenvalue weighted by Crippen LogP contribution is 2.21. The monoisotopic (exact) mass is 286 g/mol. The third kappa shape index (κ3) is 4.18. The highest BCUT2D eigenvalue weighted by molar-refractivity contribution is 6.03. The van der Waals surface area contributed by atoms with Crippen molar-refractivity contribution in [3.63, 3.8) is 0 Å². The van der Waals surface area contributed by atoms with Crippen molar-refractivity contribution in [2.45, 2.75) is 45.4 Å². The summed E-state index contributed by atoms with van der Waals surface area (Å²) in [5.74, 6) is -0.402. The van der Waals surface area contributed by atoms with E-state index in [0.717, 1.165) is 31.4 Å². The summed E-state index contributed by atoms with van der Waals surface area (Å²) in [5.41, 5.74) is 5.02. The number of carbonyl (C=O) groups is 1. The second kappa shape index (κ2) is 7.62. The largest absolute Gasteiger partial charge is 0.507 e.